The van der Waals surface area contributed by atoms with Gasteiger partial charge in [-0.1, -0.05) is 27.2 Å². The van der Waals surface area contributed by atoms with Crippen molar-refractivity contribution in [3.05, 3.63) is 36.6 Å². The van der Waals surface area contributed by atoms with Crippen LogP contribution in [0.3, 0.4) is 0 Å². The van der Waals surface area contributed by atoms with E-state index in [-0.39, 0.29) is 12.2 Å². The van der Waals surface area contributed by atoms with Crippen LogP contribution in [0.5, 0.6) is 0 Å². The van der Waals surface area contributed by atoms with E-state index in [0.29, 0.717) is 18.9 Å². The Morgan fingerprint density at radius 1 is 1.19 bits per heavy atom. The van der Waals surface area contributed by atoms with Crippen LogP contribution in [-0.4, -0.2) is 14.1 Å². The maximum absolute atomic E-state index is 12.4. The summed E-state index contributed by atoms with van der Waals surface area (Å²) < 4.78 is 2.35. The lowest BCUT2D eigenvalue weighted by atomic mass is 10.1. The van der Waals surface area contributed by atoms with Crippen molar-refractivity contribution in [3.8, 4) is 0 Å². The van der Waals surface area contributed by atoms with E-state index in [4.69, 9.17) is 0 Å². The average Bonchev–Trinajstić information content (AvgIpc) is 2.37. The zero-order chi connectivity index (χ0) is 16.2. The normalized spacial score (nSPS) is 11.1. The predicted molar refractivity (Wildman–Crippen MR) is 80.7 cm³/mol. The topological polar surface area (TPSA) is 87.1 Å². The lowest BCUT2D eigenvalue weighted by molar-refractivity contribution is -0.387. The van der Waals surface area contributed by atoms with Crippen LogP contribution in [0.4, 0.5) is 5.69 Å². The van der Waals surface area contributed by atoms with Crippen molar-refractivity contribution >= 4 is 5.69 Å². The Morgan fingerprint density at radius 2 is 1.81 bits per heavy atom. The molecule has 0 amide bonds. The van der Waals surface area contributed by atoms with Crippen molar-refractivity contribution in [1.82, 2.24) is 9.13 Å². The van der Waals surface area contributed by atoms with Crippen molar-refractivity contribution in [3.63, 3.8) is 0 Å². The second-order valence-corrected chi connectivity index (χ2v) is 5.62. The molecule has 0 N–H and O–H groups in total. The Labute approximate surface area is 123 Å². The first-order valence-corrected chi connectivity index (χ1v) is 7.29. The van der Waals surface area contributed by atoms with Gasteiger partial charge in [-0.05, 0) is 25.7 Å². The molecule has 0 bridgehead atoms. The minimum atomic E-state index is -0.795. The molecule has 1 heterocycles. The number of hydrogen-bond acceptors (Lipinski definition) is 4. The molecule has 21 heavy (non-hydrogen) atoms. The van der Waals surface area contributed by atoms with E-state index < -0.39 is 21.9 Å². The summed E-state index contributed by atoms with van der Waals surface area (Å²) in [5.41, 5.74) is -1.59. The van der Waals surface area contributed by atoms with E-state index >= 15 is 0 Å². The number of rotatable bonds is 7. The van der Waals surface area contributed by atoms with Crippen molar-refractivity contribution in [2.24, 2.45) is 5.92 Å². The molecule has 0 saturated carbocycles. The Bertz CT molecular complexity index is 628. The molecule has 0 aliphatic rings. The third-order valence-electron chi connectivity index (χ3n) is 3.51. The van der Waals surface area contributed by atoms with Crippen LogP contribution in [-0.2, 0) is 13.1 Å². The molecule has 0 aliphatic carbocycles. The summed E-state index contributed by atoms with van der Waals surface area (Å²) in [5, 5.41) is 11.1. The Morgan fingerprint density at radius 3 is 2.29 bits per heavy atom. The van der Waals surface area contributed by atoms with Gasteiger partial charge in [-0.25, -0.2) is 4.79 Å². The molecule has 0 fully saturated rings. The summed E-state index contributed by atoms with van der Waals surface area (Å²) in [5.74, 6) is 0.367. The molecule has 118 valence electrons. The molecule has 0 unspecified atom stereocenters. The highest BCUT2D eigenvalue weighted by Gasteiger charge is 2.24. The second-order valence-electron chi connectivity index (χ2n) is 5.62. The Balaban J connectivity index is 3.48. The van der Waals surface area contributed by atoms with Gasteiger partial charge in [0.2, 0.25) is 0 Å². The van der Waals surface area contributed by atoms with Gasteiger partial charge in [-0.2, -0.15) is 0 Å². The average molecular weight is 297 g/mol. The summed E-state index contributed by atoms with van der Waals surface area (Å²) in [6, 6.07) is 0. The van der Waals surface area contributed by atoms with E-state index in [1.54, 1.807) is 0 Å². The van der Waals surface area contributed by atoms with Gasteiger partial charge in [-0.15, -0.1) is 0 Å². The third kappa shape index (κ3) is 3.80. The first-order valence-electron chi connectivity index (χ1n) is 7.29. The van der Waals surface area contributed by atoms with Gasteiger partial charge in [0.1, 0.15) is 5.69 Å². The fourth-order valence-electron chi connectivity index (χ4n) is 2.16. The van der Waals surface area contributed by atoms with E-state index in [9.17, 15) is 19.7 Å². The van der Waals surface area contributed by atoms with Crippen LogP contribution in [0.2, 0.25) is 0 Å². The molecule has 0 saturated heterocycles. The van der Waals surface area contributed by atoms with Crippen molar-refractivity contribution < 1.29 is 4.92 Å². The zero-order valence-corrected chi connectivity index (χ0v) is 13.1. The number of nitrogens with zero attached hydrogens (tertiary/aromatic N) is 3. The first kappa shape index (κ1) is 17.1. The van der Waals surface area contributed by atoms with Gasteiger partial charge in [0.15, 0.2) is 0 Å². The van der Waals surface area contributed by atoms with E-state index in [1.165, 1.54) is 11.5 Å². The predicted octanol–water partition coefficient (Wildman–Crippen LogP) is 2.07. The van der Waals surface area contributed by atoms with Crippen molar-refractivity contribution in [1.29, 1.82) is 0 Å². The molecular weight excluding hydrogens is 274 g/mol. The summed E-state index contributed by atoms with van der Waals surface area (Å²) in [4.78, 5) is 35.0. The SMILES string of the molecule is CCCCn1c(=O)c([N+](=O)[O-])c(C)n(CCC(C)C)c1=O. The molecule has 7 nitrogen and oxygen atoms in total. The van der Waals surface area contributed by atoms with Gasteiger partial charge in [0.05, 0.1) is 4.92 Å². The molecule has 1 aromatic heterocycles. The van der Waals surface area contributed by atoms with Gasteiger partial charge in [0.25, 0.3) is 0 Å². The van der Waals surface area contributed by atoms with Crippen LogP contribution in [0.1, 0.15) is 45.7 Å². The number of nitro groups is 1. The van der Waals surface area contributed by atoms with Crippen LogP contribution >= 0.6 is 0 Å². The molecule has 0 radical (unpaired) electrons. The van der Waals surface area contributed by atoms with E-state index in [0.717, 1.165) is 17.4 Å². The first-order chi connectivity index (χ1) is 9.81. The highest BCUT2D eigenvalue weighted by Crippen LogP contribution is 2.12. The van der Waals surface area contributed by atoms with Crippen LogP contribution in [0, 0.1) is 23.0 Å². The van der Waals surface area contributed by atoms with Crippen LogP contribution in [0.25, 0.3) is 0 Å². The highest BCUT2D eigenvalue weighted by molar-refractivity contribution is 5.31. The summed E-state index contributed by atoms with van der Waals surface area (Å²) in [6.45, 7) is 8.03. The van der Waals surface area contributed by atoms with Gasteiger partial charge in [-0.3, -0.25) is 24.0 Å². The number of unbranched alkanes of at least 4 members (excludes halogenated alkanes) is 1. The summed E-state index contributed by atoms with van der Waals surface area (Å²) in [6.07, 6.45) is 2.17. The van der Waals surface area contributed by atoms with Crippen molar-refractivity contribution in [2.45, 2.75) is 60.0 Å². The summed E-state index contributed by atoms with van der Waals surface area (Å²) >= 11 is 0. The van der Waals surface area contributed by atoms with Crippen molar-refractivity contribution in [2.75, 3.05) is 0 Å². The quantitative estimate of drug-likeness (QED) is 0.569. The molecule has 1 rings (SSSR count). The minimum Gasteiger partial charge on any atom is -0.291 e. The monoisotopic (exact) mass is 297 g/mol. The number of hydrogen-bond donors (Lipinski definition) is 0. The number of aromatic nitrogens is 2. The van der Waals surface area contributed by atoms with Crippen LogP contribution in [0.15, 0.2) is 9.59 Å². The fraction of sp³-hybridized carbons (Fsp3) is 0.714. The largest absolute Gasteiger partial charge is 0.353 e. The highest BCUT2D eigenvalue weighted by atomic mass is 16.6. The van der Waals surface area contributed by atoms with Gasteiger partial charge in [0, 0.05) is 13.1 Å². The Kier molecular flexibility index (Phi) is 5.87. The van der Waals surface area contributed by atoms with Gasteiger partial charge < -0.3 is 0 Å². The molecule has 0 aliphatic heterocycles. The zero-order valence-electron chi connectivity index (χ0n) is 13.1. The van der Waals surface area contributed by atoms with E-state index in [2.05, 4.69) is 0 Å². The maximum Gasteiger partial charge on any atom is 0.353 e. The van der Waals surface area contributed by atoms with Crippen LogP contribution < -0.4 is 11.2 Å². The molecule has 1 aromatic rings. The second kappa shape index (κ2) is 7.19. The molecule has 0 spiro atoms. The van der Waals surface area contributed by atoms with E-state index in [1.807, 2.05) is 20.8 Å². The molecule has 7 heteroatoms. The Hall–Kier alpha value is -1.92. The molecule has 0 aromatic carbocycles. The summed E-state index contributed by atoms with van der Waals surface area (Å²) in [7, 11) is 0. The lowest BCUT2D eigenvalue weighted by Gasteiger charge is -2.14. The molecule has 0 atom stereocenters. The molecular formula is C14H23N3O4. The lowest BCUT2D eigenvalue weighted by Crippen LogP contribution is -2.42. The maximum atomic E-state index is 12.4. The van der Waals surface area contributed by atoms with Gasteiger partial charge >= 0.3 is 16.9 Å². The minimum absolute atomic E-state index is 0.142. The fourth-order valence-corrected chi connectivity index (χ4v) is 2.16. The third-order valence-corrected chi connectivity index (χ3v) is 3.51. The smallest absolute Gasteiger partial charge is 0.291 e. The standard InChI is InChI=1S/C14H23N3O4/c1-5-6-8-16-13(18)12(17(20)21)11(4)15(14(16)19)9-7-10(2)3/h10H,5-9H2,1-4H3.